The average molecular weight is 262 g/mol. The summed E-state index contributed by atoms with van der Waals surface area (Å²) >= 11 is 0. The molecule has 0 saturated carbocycles. The van der Waals surface area contributed by atoms with Crippen LogP contribution < -0.4 is 4.90 Å². The van der Waals surface area contributed by atoms with Gasteiger partial charge in [0.05, 0.1) is 0 Å². The van der Waals surface area contributed by atoms with E-state index in [4.69, 9.17) is 0 Å². The van der Waals surface area contributed by atoms with Crippen LogP contribution in [0, 0.1) is 0 Å². The van der Waals surface area contributed by atoms with Gasteiger partial charge in [-0.15, -0.1) is 0 Å². The van der Waals surface area contributed by atoms with Gasteiger partial charge in [0, 0.05) is 31.3 Å². The molecule has 1 saturated heterocycles. The lowest BCUT2D eigenvalue weighted by Gasteiger charge is -2.24. The van der Waals surface area contributed by atoms with E-state index in [1.807, 2.05) is 6.92 Å². The summed E-state index contributed by atoms with van der Waals surface area (Å²) in [6, 6.07) is 6.58. The van der Waals surface area contributed by atoms with Crippen molar-refractivity contribution in [2.45, 2.75) is 19.8 Å². The fourth-order valence-corrected chi connectivity index (χ4v) is 2.28. The molecule has 1 aromatic carbocycles. The number of benzene rings is 1. The second-order valence-corrected chi connectivity index (χ2v) is 4.58. The Labute approximate surface area is 112 Å². The SMILES string of the molecule is CCN(C(=O)CN1CCCC1=O)c1cccc(O)c1. The Hall–Kier alpha value is -2.04. The number of anilines is 1. The highest BCUT2D eigenvalue weighted by Gasteiger charge is 2.25. The van der Waals surface area contributed by atoms with Crippen LogP contribution in [0.25, 0.3) is 0 Å². The van der Waals surface area contributed by atoms with Crippen LogP contribution >= 0.6 is 0 Å². The summed E-state index contributed by atoms with van der Waals surface area (Å²) in [6.45, 7) is 3.14. The van der Waals surface area contributed by atoms with Crippen molar-refractivity contribution in [3.63, 3.8) is 0 Å². The molecule has 1 fully saturated rings. The van der Waals surface area contributed by atoms with Crippen LogP contribution in [0.1, 0.15) is 19.8 Å². The van der Waals surface area contributed by atoms with E-state index in [1.54, 1.807) is 34.1 Å². The van der Waals surface area contributed by atoms with Gasteiger partial charge >= 0.3 is 0 Å². The predicted molar refractivity (Wildman–Crippen MR) is 71.9 cm³/mol. The molecule has 2 rings (SSSR count). The number of carbonyl (C=O) groups excluding carboxylic acids is 2. The molecule has 102 valence electrons. The number of nitrogens with zero attached hydrogens (tertiary/aromatic N) is 2. The largest absolute Gasteiger partial charge is 0.508 e. The Morgan fingerprint density at radius 1 is 1.47 bits per heavy atom. The fraction of sp³-hybridized carbons (Fsp3) is 0.429. The molecule has 0 aromatic heterocycles. The van der Waals surface area contributed by atoms with Crippen molar-refractivity contribution in [2.75, 3.05) is 24.5 Å². The van der Waals surface area contributed by atoms with Gasteiger partial charge in [-0.1, -0.05) is 6.07 Å². The van der Waals surface area contributed by atoms with Gasteiger partial charge < -0.3 is 14.9 Å². The van der Waals surface area contributed by atoms with Crippen LogP contribution in [0.5, 0.6) is 5.75 Å². The second kappa shape index (κ2) is 5.73. The monoisotopic (exact) mass is 262 g/mol. The third-order valence-electron chi connectivity index (χ3n) is 3.26. The number of carbonyl (C=O) groups is 2. The Bertz CT molecular complexity index is 487. The van der Waals surface area contributed by atoms with E-state index in [-0.39, 0.29) is 24.1 Å². The van der Waals surface area contributed by atoms with Crippen LogP contribution in [-0.4, -0.2) is 41.5 Å². The molecule has 2 amide bonds. The van der Waals surface area contributed by atoms with E-state index in [0.717, 1.165) is 6.42 Å². The van der Waals surface area contributed by atoms with Crippen LogP contribution in [0.3, 0.4) is 0 Å². The van der Waals surface area contributed by atoms with Crippen LogP contribution in [0.15, 0.2) is 24.3 Å². The number of hydrogen-bond donors (Lipinski definition) is 1. The summed E-state index contributed by atoms with van der Waals surface area (Å²) in [7, 11) is 0. The maximum absolute atomic E-state index is 12.2. The molecule has 1 aliphatic heterocycles. The van der Waals surface area contributed by atoms with Crippen molar-refractivity contribution >= 4 is 17.5 Å². The number of hydrogen-bond acceptors (Lipinski definition) is 3. The van der Waals surface area contributed by atoms with Crippen LogP contribution in [0.4, 0.5) is 5.69 Å². The maximum atomic E-state index is 12.2. The second-order valence-electron chi connectivity index (χ2n) is 4.58. The zero-order chi connectivity index (χ0) is 13.8. The van der Waals surface area contributed by atoms with Crippen molar-refractivity contribution < 1.29 is 14.7 Å². The first-order chi connectivity index (χ1) is 9.11. The minimum Gasteiger partial charge on any atom is -0.508 e. The molecule has 19 heavy (non-hydrogen) atoms. The third kappa shape index (κ3) is 3.05. The molecule has 0 atom stereocenters. The molecule has 0 bridgehead atoms. The highest BCUT2D eigenvalue weighted by Crippen LogP contribution is 2.20. The number of phenolic OH excluding ortho intramolecular Hbond substituents is 1. The topological polar surface area (TPSA) is 60.9 Å². The lowest BCUT2D eigenvalue weighted by Crippen LogP contribution is -2.40. The Kier molecular flexibility index (Phi) is 4.04. The highest BCUT2D eigenvalue weighted by molar-refractivity contribution is 5.97. The Balaban J connectivity index is 2.09. The van der Waals surface area contributed by atoms with E-state index in [0.29, 0.717) is 25.2 Å². The molecular weight excluding hydrogens is 244 g/mol. The molecule has 0 spiro atoms. The number of aromatic hydroxyl groups is 1. The zero-order valence-electron chi connectivity index (χ0n) is 11.0. The van der Waals surface area contributed by atoms with Gasteiger partial charge in [-0.25, -0.2) is 0 Å². The van der Waals surface area contributed by atoms with E-state index in [2.05, 4.69) is 0 Å². The molecular formula is C14H18N2O3. The standard InChI is InChI=1S/C14H18N2O3/c1-2-16(11-5-3-6-12(17)9-11)14(19)10-15-8-4-7-13(15)18/h3,5-6,9,17H,2,4,7-8,10H2,1H3. The van der Waals surface area contributed by atoms with Crippen molar-refractivity contribution in [2.24, 2.45) is 0 Å². The number of likely N-dealkylation sites (N-methyl/N-ethyl adjacent to an activating group) is 1. The van der Waals surface area contributed by atoms with Gasteiger partial charge in [-0.05, 0) is 25.5 Å². The molecule has 1 heterocycles. The summed E-state index contributed by atoms with van der Waals surface area (Å²) < 4.78 is 0. The smallest absolute Gasteiger partial charge is 0.246 e. The lowest BCUT2D eigenvalue weighted by molar-refractivity contribution is -0.132. The average Bonchev–Trinajstić information content (AvgIpc) is 2.76. The lowest BCUT2D eigenvalue weighted by atomic mass is 10.2. The van der Waals surface area contributed by atoms with Gasteiger partial charge in [0.2, 0.25) is 11.8 Å². The number of amides is 2. The quantitative estimate of drug-likeness (QED) is 0.891. The minimum absolute atomic E-state index is 0.0420. The van der Waals surface area contributed by atoms with Gasteiger partial charge in [0.15, 0.2) is 0 Å². The number of phenols is 1. The summed E-state index contributed by atoms with van der Waals surface area (Å²) in [5, 5.41) is 9.46. The van der Waals surface area contributed by atoms with Crippen molar-refractivity contribution in [3.8, 4) is 5.75 Å². The molecule has 0 unspecified atom stereocenters. The first-order valence-electron chi connectivity index (χ1n) is 6.49. The molecule has 1 N–H and O–H groups in total. The first-order valence-corrected chi connectivity index (χ1v) is 6.49. The van der Waals surface area contributed by atoms with Crippen molar-refractivity contribution in [3.05, 3.63) is 24.3 Å². The zero-order valence-corrected chi connectivity index (χ0v) is 11.0. The number of likely N-dealkylation sites (tertiary alicyclic amines) is 1. The van der Waals surface area contributed by atoms with Gasteiger partial charge in [0.25, 0.3) is 0 Å². The van der Waals surface area contributed by atoms with E-state index < -0.39 is 0 Å². The van der Waals surface area contributed by atoms with Crippen molar-refractivity contribution in [1.29, 1.82) is 0 Å². The van der Waals surface area contributed by atoms with Crippen LogP contribution in [0.2, 0.25) is 0 Å². The van der Waals surface area contributed by atoms with E-state index in [1.165, 1.54) is 0 Å². The fourth-order valence-electron chi connectivity index (χ4n) is 2.28. The third-order valence-corrected chi connectivity index (χ3v) is 3.26. The first kappa shape index (κ1) is 13.4. The van der Waals surface area contributed by atoms with E-state index in [9.17, 15) is 14.7 Å². The Morgan fingerprint density at radius 2 is 2.26 bits per heavy atom. The maximum Gasteiger partial charge on any atom is 0.246 e. The molecule has 1 aromatic rings. The molecule has 0 aliphatic carbocycles. The van der Waals surface area contributed by atoms with Crippen molar-refractivity contribution in [1.82, 2.24) is 4.90 Å². The highest BCUT2D eigenvalue weighted by atomic mass is 16.3. The Morgan fingerprint density at radius 3 is 2.84 bits per heavy atom. The molecule has 1 aliphatic rings. The van der Waals surface area contributed by atoms with Gasteiger partial charge in [-0.3, -0.25) is 9.59 Å². The summed E-state index contributed by atoms with van der Waals surface area (Å²) in [4.78, 5) is 26.9. The molecule has 0 radical (unpaired) electrons. The molecule has 5 heteroatoms. The minimum atomic E-state index is -0.122. The summed E-state index contributed by atoms with van der Waals surface area (Å²) in [6.07, 6.45) is 1.36. The molecule has 5 nitrogen and oxygen atoms in total. The summed E-state index contributed by atoms with van der Waals surface area (Å²) in [5.74, 6) is 0.0460. The van der Waals surface area contributed by atoms with E-state index >= 15 is 0 Å². The van der Waals surface area contributed by atoms with Gasteiger partial charge in [-0.2, -0.15) is 0 Å². The summed E-state index contributed by atoms with van der Waals surface area (Å²) in [5.41, 5.74) is 0.652. The van der Waals surface area contributed by atoms with Gasteiger partial charge in [0.1, 0.15) is 12.3 Å². The number of rotatable bonds is 4. The normalized spacial score (nSPS) is 14.8. The predicted octanol–water partition coefficient (Wildman–Crippen LogP) is 1.37. The van der Waals surface area contributed by atoms with Crippen LogP contribution in [-0.2, 0) is 9.59 Å².